The van der Waals surface area contributed by atoms with Crippen LogP contribution in [-0.2, 0) is 9.53 Å². The lowest BCUT2D eigenvalue weighted by molar-refractivity contribution is -0.160. The van der Waals surface area contributed by atoms with Gasteiger partial charge in [0.15, 0.2) is 0 Å². The molecular weight excluding hydrogens is 128 g/mol. The van der Waals surface area contributed by atoms with E-state index < -0.39 is 0 Å². The first-order valence-electron chi connectivity index (χ1n) is 3.88. The summed E-state index contributed by atoms with van der Waals surface area (Å²) >= 11 is 0. The third kappa shape index (κ3) is 0.678. The lowest BCUT2D eigenvalue weighted by Crippen LogP contribution is -2.32. The van der Waals surface area contributed by atoms with Gasteiger partial charge in [0.05, 0.1) is 12.0 Å². The molecule has 1 aliphatic carbocycles. The molecule has 2 rings (SSSR count). The van der Waals surface area contributed by atoms with Crippen LogP contribution in [0.2, 0.25) is 0 Å². The van der Waals surface area contributed by atoms with Crippen molar-refractivity contribution < 1.29 is 9.53 Å². The Morgan fingerprint density at radius 1 is 1.70 bits per heavy atom. The zero-order valence-corrected chi connectivity index (χ0v) is 6.22. The van der Waals surface area contributed by atoms with E-state index in [-0.39, 0.29) is 11.4 Å². The number of carbonyl (C=O) groups excluding carboxylic acids is 1. The molecule has 2 aliphatic rings. The molecule has 1 saturated heterocycles. The van der Waals surface area contributed by atoms with Crippen molar-refractivity contribution in [3.63, 3.8) is 0 Å². The molecular formula is C8H12O2. The first-order chi connectivity index (χ1) is 4.71. The average Bonchev–Trinajstić information content (AvgIpc) is 2.22. The maximum Gasteiger partial charge on any atom is 0.311 e. The van der Waals surface area contributed by atoms with Crippen molar-refractivity contribution >= 4 is 5.97 Å². The summed E-state index contributed by atoms with van der Waals surface area (Å²) < 4.78 is 5.03. The third-order valence-corrected chi connectivity index (χ3v) is 2.79. The van der Waals surface area contributed by atoms with Gasteiger partial charge in [-0.05, 0) is 32.1 Å². The molecule has 2 atom stereocenters. The Balaban J connectivity index is 2.25. The average molecular weight is 140 g/mol. The van der Waals surface area contributed by atoms with E-state index >= 15 is 0 Å². The van der Waals surface area contributed by atoms with Crippen LogP contribution in [0, 0.1) is 11.3 Å². The molecule has 2 unspecified atom stereocenters. The molecule has 2 bridgehead atoms. The van der Waals surface area contributed by atoms with E-state index in [0.29, 0.717) is 12.5 Å². The predicted octanol–water partition coefficient (Wildman–Crippen LogP) is 1.35. The van der Waals surface area contributed by atoms with Crippen LogP contribution in [0.15, 0.2) is 0 Å². The summed E-state index contributed by atoms with van der Waals surface area (Å²) in [5.74, 6) is 0.698. The molecule has 0 aromatic carbocycles. The standard InChI is InChI=1S/C8H12O2/c1-8-3-2-6(4-8)5-10-7(8)9/h6H,2-5H2,1H3. The van der Waals surface area contributed by atoms with Crippen molar-refractivity contribution in [2.45, 2.75) is 26.2 Å². The monoisotopic (exact) mass is 140 g/mol. The summed E-state index contributed by atoms with van der Waals surface area (Å²) in [4.78, 5) is 11.2. The molecule has 0 aromatic rings. The molecule has 2 heteroatoms. The fourth-order valence-electron chi connectivity index (χ4n) is 2.06. The van der Waals surface area contributed by atoms with Gasteiger partial charge >= 0.3 is 5.97 Å². The highest BCUT2D eigenvalue weighted by Crippen LogP contribution is 2.45. The number of hydrogen-bond acceptors (Lipinski definition) is 2. The molecule has 0 aromatic heterocycles. The van der Waals surface area contributed by atoms with Crippen LogP contribution in [-0.4, -0.2) is 12.6 Å². The highest BCUT2D eigenvalue weighted by Gasteiger charge is 2.46. The van der Waals surface area contributed by atoms with Gasteiger partial charge in [-0.3, -0.25) is 4.79 Å². The maximum absolute atomic E-state index is 11.2. The molecule has 0 amide bonds. The van der Waals surface area contributed by atoms with Gasteiger partial charge in [0, 0.05) is 0 Å². The Hall–Kier alpha value is -0.530. The Bertz CT molecular complexity index is 176. The minimum absolute atomic E-state index is 0.0289. The number of fused-ring (bicyclic) bond motifs is 2. The summed E-state index contributed by atoms with van der Waals surface area (Å²) in [5, 5.41) is 0. The number of rotatable bonds is 0. The first kappa shape index (κ1) is 6.20. The quantitative estimate of drug-likeness (QED) is 0.475. The molecule has 56 valence electrons. The van der Waals surface area contributed by atoms with E-state index in [1.165, 1.54) is 6.42 Å². The second-order valence-electron chi connectivity index (χ2n) is 3.77. The summed E-state index contributed by atoms with van der Waals surface area (Å²) in [6.45, 7) is 2.70. The largest absolute Gasteiger partial charge is 0.465 e. The van der Waals surface area contributed by atoms with Crippen LogP contribution in [0.5, 0.6) is 0 Å². The van der Waals surface area contributed by atoms with E-state index in [1.807, 2.05) is 6.92 Å². The summed E-state index contributed by atoms with van der Waals surface area (Å²) in [5.41, 5.74) is -0.108. The van der Waals surface area contributed by atoms with Gasteiger partial charge in [0.1, 0.15) is 0 Å². The number of cyclic esters (lactones) is 1. The van der Waals surface area contributed by atoms with Crippen molar-refractivity contribution in [2.24, 2.45) is 11.3 Å². The summed E-state index contributed by atoms with van der Waals surface area (Å²) in [6, 6.07) is 0. The normalized spacial score (nSPS) is 45.3. The highest BCUT2D eigenvalue weighted by atomic mass is 16.5. The Morgan fingerprint density at radius 3 is 3.20 bits per heavy atom. The Kier molecular flexibility index (Phi) is 1.08. The molecule has 0 radical (unpaired) electrons. The minimum Gasteiger partial charge on any atom is -0.465 e. The zero-order chi connectivity index (χ0) is 7.19. The van der Waals surface area contributed by atoms with Gasteiger partial charge < -0.3 is 4.74 Å². The molecule has 1 aliphatic heterocycles. The van der Waals surface area contributed by atoms with Gasteiger partial charge in [-0.25, -0.2) is 0 Å². The zero-order valence-electron chi connectivity index (χ0n) is 6.22. The van der Waals surface area contributed by atoms with Gasteiger partial charge in [-0.2, -0.15) is 0 Å². The summed E-state index contributed by atoms with van der Waals surface area (Å²) in [7, 11) is 0. The van der Waals surface area contributed by atoms with Crippen molar-refractivity contribution in [3.05, 3.63) is 0 Å². The lowest BCUT2D eigenvalue weighted by Gasteiger charge is -2.26. The van der Waals surface area contributed by atoms with E-state index in [4.69, 9.17) is 4.74 Å². The van der Waals surface area contributed by atoms with Crippen LogP contribution >= 0.6 is 0 Å². The predicted molar refractivity (Wildman–Crippen MR) is 36.4 cm³/mol. The van der Waals surface area contributed by atoms with E-state index in [1.54, 1.807) is 0 Å². The van der Waals surface area contributed by atoms with E-state index in [9.17, 15) is 4.79 Å². The number of esters is 1. The van der Waals surface area contributed by atoms with Crippen LogP contribution in [0.3, 0.4) is 0 Å². The minimum atomic E-state index is -0.108. The second kappa shape index (κ2) is 1.74. The van der Waals surface area contributed by atoms with Crippen molar-refractivity contribution in [3.8, 4) is 0 Å². The van der Waals surface area contributed by atoms with Crippen LogP contribution in [0.4, 0.5) is 0 Å². The first-order valence-corrected chi connectivity index (χ1v) is 3.88. The Morgan fingerprint density at radius 2 is 2.50 bits per heavy atom. The molecule has 0 spiro atoms. The van der Waals surface area contributed by atoms with Gasteiger partial charge in [-0.15, -0.1) is 0 Å². The maximum atomic E-state index is 11.2. The number of carbonyl (C=O) groups is 1. The second-order valence-corrected chi connectivity index (χ2v) is 3.77. The van der Waals surface area contributed by atoms with E-state index in [2.05, 4.69) is 0 Å². The molecule has 2 nitrogen and oxygen atoms in total. The number of hydrogen-bond donors (Lipinski definition) is 0. The van der Waals surface area contributed by atoms with Crippen LogP contribution in [0.25, 0.3) is 0 Å². The van der Waals surface area contributed by atoms with Crippen LogP contribution in [0.1, 0.15) is 26.2 Å². The van der Waals surface area contributed by atoms with Crippen molar-refractivity contribution in [1.29, 1.82) is 0 Å². The Labute approximate surface area is 60.6 Å². The number of ether oxygens (including phenoxy) is 1. The van der Waals surface area contributed by atoms with Gasteiger partial charge in [0.2, 0.25) is 0 Å². The lowest BCUT2D eigenvalue weighted by atomic mass is 9.86. The molecule has 1 saturated carbocycles. The smallest absolute Gasteiger partial charge is 0.311 e. The SMILES string of the molecule is CC12CCC(COC1=O)C2. The van der Waals surface area contributed by atoms with Gasteiger partial charge in [-0.1, -0.05) is 0 Å². The topological polar surface area (TPSA) is 26.3 Å². The molecule has 0 N–H and O–H groups in total. The third-order valence-electron chi connectivity index (χ3n) is 2.79. The molecule has 2 fully saturated rings. The van der Waals surface area contributed by atoms with E-state index in [0.717, 1.165) is 12.8 Å². The van der Waals surface area contributed by atoms with Crippen molar-refractivity contribution in [1.82, 2.24) is 0 Å². The fraction of sp³-hybridized carbons (Fsp3) is 0.875. The molecule has 10 heavy (non-hydrogen) atoms. The fourth-order valence-corrected chi connectivity index (χ4v) is 2.06. The highest BCUT2D eigenvalue weighted by molar-refractivity contribution is 5.77. The van der Waals surface area contributed by atoms with Gasteiger partial charge in [0.25, 0.3) is 0 Å². The van der Waals surface area contributed by atoms with Crippen LogP contribution < -0.4 is 0 Å². The molecule has 1 heterocycles. The summed E-state index contributed by atoms with van der Waals surface area (Å²) in [6.07, 6.45) is 3.28. The van der Waals surface area contributed by atoms with Crippen molar-refractivity contribution in [2.75, 3.05) is 6.61 Å².